The van der Waals surface area contributed by atoms with E-state index in [1.165, 1.54) is 6.42 Å². The molecule has 1 N–H and O–H groups in total. The zero-order valence-electron chi connectivity index (χ0n) is 8.08. The van der Waals surface area contributed by atoms with Crippen LogP contribution in [0.3, 0.4) is 0 Å². The van der Waals surface area contributed by atoms with Crippen LogP contribution in [0.25, 0.3) is 0 Å². The molecule has 2 atom stereocenters. The molecule has 1 saturated heterocycles. The Morgan fingerprint density at radius 3 is 2.69 bits per heavy atom. The maximum Gasteiger partial charge on any atom is 0.142 e. The number of carbonyl (C=O) groups excluding carboxylic acids is 1. The number of carbonyl (C=O) groups is 1. The zero-order chi connectivity index (χ0) is 9.26. The summed E-state index contributed by atoms with van der Waals surface area (Å²) in [5.74, 6) is 0.904. The Hall–Kier alpha value is -0.410. The van der Waals surface area contributed by atoms with Gasteiger partial charge in [0.15, 0.2) is 0 Å². The maximum absolute atomic E-state index is 11.9. The van der Waals surface area contributed by atoms with Crippen LogP contribution in [0.1, 0.15) is 19.3 Å². The molecule has 3 heteroatoms. The first-order valence-electron chi connectivity index (χ1n) is 5.11. The summed E-state index contributed by atoms with van der Waals surface area (Å²) in [5.41, 5.74) is 0. The van der Waals surface area contributed by atoms with Crippen LogP contribution in [0.2, 0.25) is 0 Å². The average Bonchev–Trinajstić information content (AvgIpc) is 2.47. The number of rotatable bonds is 3. The number of ketones is 1. The van der Waals surface area contributed by atoms with E-state index in [0.717, 1.165) is 12.8 Å². The Kier molecular flexibility index (Phi) is 2.65. The Labute approximate surface area is 78.8 Å². The van der Waals surface area contributed by atoms with Crippen LogP contribution < -0.4 is 5.32 Å². The molecular formula is C10H17NO2. The number of likely N-dealkylation sites (N-methyl/N-ethyl adjacent to an activating group) is 1. The first-order valence-corrected chi connectivity index (χ1v) is 5.11. The molecule has 1 aliphatic heterocycles. The summed E-state index contributed by atoms with van der Waals surface area (Å²) in [6, 6.07) is 0.258. The van der Waals surface area contributed by atoms with E-state index in [0.29, 0.717) is 24.9 Å². The SMILES string of the molecule is CNC1COCC1C(=O)C1CCC1. The highest BCUT2D eigenvalue weighted by Crippen LogP contribution is 2.31. The van der Waals surface area contributed by atoms with Gasteiger partial charge in [0.25, 0.3) is 0 Å². The van der Waals surface area contributed by atoms with E-state index in [9.17, 15) is 4.79 Å². The topological polar surface area (TPSA) is 38.3 Å². The summed E-state index contributed by atoms with van der Waals surface area (Å²) in [6.45, 7) is 1.32. The smallest absolute Gasteiger partial charge is 0.142 e. The Morgan fingerprint density at radius 1 is 1.38 bits per heavy atom. The van der Waals surface area contributed by atoms with E-state index >= 15 is 0 Å². The standard InChI is InChI=1S/C10H17NO2/c1-11-9-6-13-5-8(9)10(12)7-3-2-4-7/h7-9,11H,2-6H2,1H3. The highest BCUT2D eigenvalue weighted by atomic mass is 16.5. The van der Waals surface area contributed by atoms with Gasteiger partial charge in [-0.1, -0.05) is 6.42 Å². The second-order valence-electron chi connectivity index (χ2n) is 4.07. The largest absolute Gasteiger partial charge is 0.379 e. The molecule has 2 unspecified atom stereocenters. The molecule has 2 fully saturated rings. The molecule has 0 aromatic carbocycles. The fourth-order valence-electron chi connectivity index (χ4n) is 2.11. The maximum atomic E-state index is 11.9. The van der Waals surface area contributed by atoms with Crippen LogP contribution in [0.15, 0.2) is 0 Å². The summed E-state index contributed by atoms with van der Waals surface area (Å²) in [4.78, 5) is 11.9. The first kappa shape index (κ1) is 9.16. The minimum atomic E-state index is 0.121. The van der Waals surface area contributed by atoms with E-state index in [-0.39, 0.29) is 12.0 Å². The van der Waals surface area contributed by atoms with Crippen molar-refractivity contribution in [3.63, 3.8) is 0 Å². The quantitative estimate of drug-likeness (QED) is 0.696. The molecular weight excluding hydrogens is 166 g/mol. The number of nitrogens with one attached hydrogen (secondary N) is 1. The first-order chi connectivity index (χ1) is 6.33. The highest BCUT2D eigenvalue weighted by molar-refractivity contribution is 5.85. The number of hydrogen-bond acceptors (Lipinski definition) is 3. The van der Waals surface area contributed by atoms with Gasteiger partial charge in [0.05, 0.1) is 19.1 Å². The van der Waals surface area contributed by atoms with Crippen molar-refractivity contribution in [1.29, 1.82) is 0 Å². The fraction of sp³-hybridized carbons (Fsp3) is 0.900. The van der Waals surface area contributed by atoms with Gasteiger partial charge in [-0.25, -0.2) is 0 Å². The van der Waals surface area contributed by atoms with Crippen molar-refractivity contribution in [3.8, 4) is 0 Å². The fourth-order valence-corrected chi connectivity index (χ4v) is 2.11. The van der Waals surface area contributed by atoms with Crippen LogP contribution in [0.4, 0.5) is 0 Å². The predicted molar refractivity (Wildman–Crippen MR) is 49.5 cm³/mol. The molecule has 1 heterocycles. The number of Topliss-reactive ketones (excluding diaryl/α,β-unsaturated/α-hetero) is 1. The Balaban J connectivity index is 1.94. The third-order valence-corrected chi connectivity index (χ3v) is 3.32. The van der Waals surface area contributed by atoms with Gasteiger partial charge in [-0.3, -0.25) is 4.79 Å². The lowest BCUT2D eigenvalue weighted by molar-refractivity contribution is -0.129. The zero-order valence-corrected chi connectivity index (χ0v) is 8.08. The second kappa shape index (κ2) is 3.76. The van der Waals surface area contributed by atoms with Crippen molar-refractivity contribution in [1.82, 2.24) is 5.32 Å². The van der Waals surface area contributed by atoms with Crippen LogP contribution in [0.5, 0.6) is 0 Å². The van der Waals surface area contributed by atoms with Crippen molar-refractivity contribution >= 4 is 5.78 Å². The monoisotopic (exact) mass is 183 g/mol. The van der Waals surface area contributed by atoms with Gasteiger partial charge in [0, 0.05) is 12.0 Å². The van der Waals surface area contributed by atoms with Gasteiger partial charge in [-0.05, 0) is 19.9 Å². The van der Waals surface area contributed by atoms with Crippen molar-refractivity contribution in [2.24, 2.45) is 11.8 Å². The van der Waals surface area contributed by atoms with Crippen molar-refractivity contribution < 1.29 is 9.53 Å². The van der Waals surface area contributed by atoms with Gasteiger partial charge in [-0.15, -0.1) is 0 Å². The molecule has 1 aliphatic carbocycles. The molecule has 0 aromatic heterocycles. The molecule has 13 heavy (non-hydrogen) atoms. The van der Waals surface area contributed by atoms with E-state index in [2.05, 4.69) is 5.32 Å². The van der Waals surface area contributed by atoms with Crippen molar-refractivity contribution in [2.75, 3.05) is 20.3 Å². The lowest BCUT2D eigenvalue weighted by Crippen LogP contribution is -2.41. The van der Waals surface area contributed by atoms with E-state index < -0.39 is 0 Å². The second-order valence-corrected chi connectivity index (χ2v) is 4.07. The van der Waals surface area contributed by atoms with Crippen molar-refractivity contribution in [2.45, 2.75) is 25.3 Å². The van der Waals surface area contributed by atoms with Crippen LogP contribution in [-0.4, -0.2) is 32.1 Å². The van der Waals surface area contributed by atoms with Crippen LogP contribution in [0, 0.1) is 11.8 Å². The lowest BCUT2D eigenvalue weighted by Gasteiger charge is -2.28. The third-order valence-electron chi connectivity index (χ3n) is 3.32. The summed E-state index contributed by atoms with van der Waals surface area (Å²) in [6.07, 6.45) is 3.44. The van der Waals surface area contributed by atoms with Crippen molar-refractivity contribution in [3.05, 3.63) is 0 Å². The van der Waals surface area contributed by atoms with Gasteiger partial charge in [0.1, 0.15) is 5.78 Å². The van der Waals surface area contributed by atoms with Gasteiger partial charge in [-0.2, -0.15) is 0 Å². The summed E-state index contributed by atoms with van der Waals surface area (Å²) in [7, 11) is 1.90. The van der Waals surface area contributed by atoms with Gasteiger partial charge >= 0.3 is 0 Å². The molecule has 3 nitrogen and oxygen atoms in total. The molecule has 74 valence electrons. The summed E-state index contributed by atoms with van der Waals surface area (Å²) >= 11 is 0. The minimum absolute atomic E-state index is 0.121. The van der Waals surface area contributed by atoms with E-state index in [1.54, 1.807) is 0 Å². The Morgan fingerprint density at radius 2 is 2.15 bits per heavy atom. The van der Waals surface area contributed by atoms with Gasteiger partial charge < -0.3 is 10.1 Å². The lowest BCUT2D eigenvalue weighted by atomic mass is 9.77. The number of ether oxygens (including phenoxy) is 1. The molecule has 2 rings (SSSR count). The normalized spacial score (nSPS) is 34.5. The van der Waals surface area contributed by atoms with E-state index in [1.807, 2.05) is 7.05 Å². The molecule has 0 radical (unpaired) electrons. The molecule has 2 aliphatic rings. The third kappa shape index (κ3) is 1.63. The minimum Gasteiger partial charge on any atom is -0.379 e. The van der Waals surface area contributed by atoms with Crippen LogP contribution in [-0.2, 0) is 9.53 Å². The van der Waals surface area contributed by atoms with Crippen LogP contribution >= 0.6 is 0 Å². The molecule has 0 spiro atoms. The van der Waals surface area contributed by atoms with Gasteiger partial charge in [0.2, 0.25) is 0 Å². The number of hydrogen-bond donors (Lipinski definition) is 1. The Bertz CT molecular complexity index is 201. The molecule has 1 saturated carbocycles. The molecule has 0 amide bonds. The molecule has 0 aromatic rings. The highest BCUT2D eigenvalue weighted by Gasteiger charge is 2.38. The molecule has 0 bridgehead atoms. The summed E-state index contributed by atoms with van der Waals surface area (Å²) < 4.78 is 5.32. The van der Waals surface area contributed by atoms with E-state index in [4.69, 9.17) is 4.74 Å². The summed E-state index contributed by atoms with van der Waals surface area (Å²) in [5, 5.41) is 3.15. The predicted octanol–water partition coefficient (Wildman–Crippen LogP) is 0.590. The average molecular weight is 183 g/mol.